The molecule has 1 N–H and O–H groups in total. The second-order valence-electron chi connectivity index (χ2n) is 8.82. The summed E-state index contributed by atoms with van der Waals surface area (Å²) in [6, 6.07) is 8.16. The number of rotatable bonds is 5. The molecule has 0 spiro atoms. The minimum atomic E-state index is -3.75. The predicted molar refractivity (Wildman–Crippen MR) is 136 cm³/mol. The Balaban J connectivity index is 1.43. The molecule has 13 heteroatoms. The highest BCUT2D eigenvalue weighted by Gasteiger charge is 2.25. The molecule has 5 rings (SSSR count). The molecule has 1 aromatic carbocycles. The average Bonchev–Trinajstić information content (AvgIpc) is 3.20. The summed E-state index contributed by atoms with van der Waals surface area (Å²) in [4.78, 5) is 32.7. The van der Waals surface area contributed by atoms with Gasteiger partial charge in [-0.3, -0.25) is 14.5 Å². The van der Waals surface area contributed by atoms with E-state index in [1.807, 2.05) is 0 Å². The van der Waals surface area contributed by atoms with Gasteiger partial charge in [0.15, 0.2) is 9.84 Å². The first-order chi connectivity index (χ1) is 18.7. The van der Waals surface area contributed by atoms with Gasteiger partial charge in [-0.1, -0.05) is 0 Å². The summed E-state index contributed by atoms with van der Waals surface area (Å²) < 4.78 is 65.7. The Morgan fingerprint density at radius 1 is 0.949 bits per heavy atom. The fraction of sp³-hybridized carbons (Fsp3) is 0.231. The Morgan fingerprint density at radius 3 is 2.51 bits per heavy atom. The van der Waals surface area contributed by atoms with Crippen LogP contribution in [0.25, 0.3) is 11.1 Å². The van der Waals surface area contributed by atoms with E-state index in [0.717, 1.165) is 23.2 Å². The number of hydrogen-bond donors (Lipinski definition) is 1. The minimum absolute atomic E-state index is 0.121. The topological polar surface area (TPSA) is 128 Å². The number of carbonyl (C=O) groups is 2. The van der Waals surface area contributed by atoms with Crippen molar-refractivity contribution in [3.63, 3.8) is 0 Å². The number of aromatic nitrogens is 2. The number of halogens is 2. The Kier molecular flexibility index (Phi) is 7.24. The molecule has 4 heterocycles. The average molecular weight is 557 g/mol. The van der Waals surface area contributed by atoms with Crippen LogP contribution in [0.1, 0.15) is 12.0 Å². The first-order valence-electron chi connectivity index (χ1n) is 11.9. The van der Waals surface area contributed by atoms with Crippen LogP contribution in [0, 0.1) is 11.6 Å². The molecule has 4 bridgehead atoms. The summed E-state index contributed by atoms with van der Waals surface area (Å²) in [6.45, 7) is 0.0234. The van der Waals surface area contributed by atoms with E-state index in [2.05, 4.69) is 15.3 Å². The lowest BCUT2D eigenvalue weighted by Gasteiger charge is -2.16. The lowest BCUT2D eigenvalue weighted by Crippen LogP contribution is -2.34. The maximum absolute atomic E-state index is 14.8. The minimum Gasteiger partial charge on any atom is -0.493 e. The van der Waals surface area contributed by atoms with Crippen molar-refractivity contribution in [3.05, 3.63) is 71.9 Å². The van der Waals surface area contributed by atoms with Crippen LogP contribution in [0.2, 0.25) is 0 Å². The van der Waals surface area contributed by atoms with E-state index in [9.17, 15) is 26.8 Å². The monoisotopic (exact) mass is 556 g/mol. The number of sulfone groups is 1. The van der Waals surface area contributed by atoms with Gasteiger partial charge in [0, 0.05) is 48.4 Å². The van der Waals surface area contributed by atoms with Gasteiger partial charge in [-0.2, -0.15) is 4.98 Å². The largest absolute Gasteiger partial charge is 0.493 e. The maximum Gasteiger partial charge on any atom is 0.253 e. The van der Waals surface area contributed by atoms with Crippen molar-refractivity contribution in [1.82, 2.24) is 14.9 Å². The number of amides is 2. The Labute approximate surface area is 222 Å². The smallest absolute Gasteiger partial charge is 0.253 e. The van der Waals surface area contributed by atoms with Gasteiger partial charge in [-0.05, 0) is 29.8 Å². The highest BCUT2D eigenvalue weighted by Crippen LogP contribution is 2.34. The second kappa shape index (κ2) is 10.8. The summed E-state index contributed by atoms with van der Waals surface area (Å²) in [5, 5.41) is 2.94. The molecule has 39 heavy (non-hydrogen) atoms. The number of nitrogens with zero attached hydrogens (tertiary/aromatic N) is 3. The van der Waals surface area contributed by atoms with Crippen LogP contribution in [-0.4, -0.2) is 60.6 Å². The van der Waals surface area contributed by atoms with E-state index >= 15 is 0 Å². The molecule has 2 aliphatic rings. The molecular weight excluding hydrogens is 534 g/mol. The number of imide groups is 1. The van der Waals surface area contributed by atoms with E-state index in [4.69, 9.17) is 9.47 Å². The first-order valence-corrected chi connectivity index (χ1v) is 13.7. The molecule has 10 nitrogen and oxygen atoms in total. The maximum atomic E-state index is 14.8. The van der Waals surface area contributed by atoms with Gasteiger partial charge in [-0.25, -0.2) is 22.2 Å². The molecule has 2 aliphatic heterocycles. The molecule has 0 saturated carbocycles. The zero-order valence-electron chi connectivity index (χ0n) is 20.4. The quantitative estimate of drug-likeness (QED) is 0.472. The van der Waals surface area contributed by atoms with Gasteiger partial charge in [0.25, 0.3) is 11.8 Å². The van der Waals surface area contributed by atoms with Crippen molar-refractivity contribution in [2.45, 2.75) is 12.2 Å². The summed E-state index contributed by atoms with van der Waals surface area (Å²) in [7, 11) is -3.75. The lowest BCUT2D eigenvalue weighted by atomic mass is 10.0. The number of nitrogens with one attached hydrogen (secondary N) is 1. The second-order valence-corrected chi connectivity index (χ2v) is 11.0. The van der Waals surface area contributed by atoms with Gasteiger partial charge >= 0.3 is 0 Å². The van der Waals surface area contributed by atoms with Crippen LogP contribution in [0.4, 0.5) is 20.4 Å². The van der Waals surface area contributed by atoms with Crippen molar-refractivity contribution in [2.24, 2.45) is 0 Å². The third kappa shape index (κ3) is 6.20. The fourth-order valence-electron chi connectivity index (χ4n) is 4.09. The molecular formula is C26H22F2N4O6S. The van der Waals surface area contributed by atoms with Crippen LogP contribution in [0.15, 0.2) is 54.7 Å². The van der Waals surface area contributed by atoms with Crippen molar-refractivity contribution >= 4 is 33.3 Å². The molecule has 0 radical (unpaired) electrons. The number of fused-ring (bicyclic) bond motifs is 6. The van der Waals surface area contributed by atoms with Gasteiger partial charge in [-0.15, -0.1) is 0 Å². The molecule has 202 valence electrons. The van der Waals surface area contributed by atoms with Crippen LogP contribution >= 0.6 is 0 Å². The third-order valence-electron chi connectivity index (χ3n) is 5.92. The Bertz CT molecular complexity index is 1580. The predicted octanol–water partition coefficient (Wildman–Crippen LogP) is 3.17. The van der Waals surface area contributed by atoms with Gasteiger partial charge in [0.05, 0.1) is 30.9 Å². The van der Waals surface area contributed by atoms with E-state index in [-0.39, 0.29) is 48.6 Å². The van der Waals surface area contributed by atoms with Gasteiger partial charge in [0.1, 0.15) is 29.0 Å². The fourth-order valence-corrected chi connectivity index (χ4v) is 5.37. The number of hydrogen-bond acceptors (Lipinski definition) is 9. The van der Waals surface area contributed by atoms with Crippen LogP contribution < -0.4 is 14.8 Å². The van der Waals surface area contributed by atoms with Crippen molar-refractivity contribution < 1.29 is 36.3 Å². The third-order valence-corrected chi connectivity index (χ3v) is 7.49. The number of carbonyl (C=O) groups excluding carboxylic acids is 2. The van der Waals surface area contributed by atoms with Crippen molar-refractivity contribution in [2.75, 3.05) is 30.8 Å². The Hall–Kier alpha value is -4.39. The number of anilines is 2. The zero-order valence-corrected chi connectivity index (χ0v) is 21.2. The van der Waals surface area contributed by atoms with E-state index in [1.165, 1.54) is 36.4 Å². The number of pyridine rings is 2. The van der Waals surface area contributed by atoms with E-state index in [1.54, 1.807) is 0 Å². The number of benzene rings is 1. The molecule has 2 aromatic heterocycles. The summed E-state index contributed by atoms with van der Waals surface area (Å²) in [6.07, 6.45) is 3.56. The van der Waals surface area contributed by atoms with Crippen LogP contribution in [0.5, 0.6) is 11.6 Å². The molecule has 3 aromatic rings. The van der Waals surface area contributed by atoms with E-state index < -0.39 is 44.8 Å². The molecule has 0 saturated heterocycles. The summed E-state index contributed by atoms with van der Waals surface area (Å²) in [5.74, 6) is -2.44. The highest BCUT2D eigenvalue weighted by atomic mass is 32.2. The van der Waals surface area contributed by atoms with Gasteiger partial charge < -0.3 is 14.8 Å². The van der Waals surface area contributed by atoms with E-state index in [0.29, 0.717) is 17.5 Å². The molecule has 2 amide bonds. The first kappa shape index (κ1) is 26.2. The summed E-state index contributed by atoms with van der Waals surface area (Å²) >= 11 is 0. The van der Waals surface area contributed by atoms with Crippen LogP contribution in [0.3, 0.4) is 0 Å². The molecule has 0 atom stereocenters. The molecule has 0 fully saturated rings. The SMILES string of the molecule is O=C1C=CC(=O)N1CCS(=O)(=O)Cc1cc2nc(c1)OCCCOc1cc(F)ccc1-c1cc(ncc1F)N2. The summed E-state index contributed by atoms with van der Waals surface area (Å²) in [5.41, 5.74) is 0.789. The lowest BCUT2D eigenvalue weighted by molar-refractivity contribution is -0.136. The van der Waals surface area contributed by atoms with Gasteiger partial charge in [0.2, 0.25) is 5.88 Å². The normalized spacial score (nSPS) is 15.2. The van der Waals surface area contributed by atoms with Crippen molar-refractivity contribution in [3.8, 4) is 22.8 Å². The van der Waals surface area contributed by atoms with Crippen molar-refractivity contribution in [1.29, 1.82) is 0 Å². The molecule has 0 unspecified atom stereocenters. The van der Waals surface area contributed by atoms with Crippen LogP contribution in [-0.2, 0) is 25.2 Å². The molecule has 0 aliphatic carbocycles. The standard InChI is InChI=1S/C26H22F2N4O6S/c27-17-2-3-18-19-13-22(29-14-20(19)28)30-23-10-16(11-24(31-23)38-8-1-7-37-21(18)12-17)15-39(35,36)9-6-32-25(33)4-5-26(32)34/h2-5,10-14H,1,6-9,15H2,(H,29,30,31). The zero-order chi connectivity index (χ0) is 27.6. The highest BCUT2D eigenvalue weighted by molar-refractivity contribution is 7.90. The number of ether oxygens (including phenoxy) is 2. The Morgan fingerprint density at radius 2 is 1.72 bits per heavy atom.